The normalized spacial score (nSPS) is 20.2. The zero-order valence-electron chi connectivity index (χ0n) is 19.7. The first-order valence-corrected chi connectivity index (χ1v) is 12.0. The molecule has 1 saturated heterocycles. The van der Waals surface area contributed by atoms with E-state index in [-0.39, 0.29) is 36.9 Å². The standard InChI is InChI=1S/C27H32N2O5/c1-3-19(15-25(30)29-13-12-18(26(31)32)14-17(29)2)28-27(33)34-16-24-22-10-6-4-8-20(22)21-9-5-7-11-23(21)24/h4-11,17-19,24H,3,12-16H2,1-2H3,(H,28,33)(H,31,32)/t17-,18-,19-/m0/s1. The van der Waals surface area contributed by atoms with Crippen LogP contribution in [0.25, 0.3) is 11.1 Å². The molecule has 2 aromatic rings. The number of ether oxygens (including phenoxy) is 1. The Balaban J connectivity index is 1.32. The number of hydrogen-bond donors (Lipinski definition) is 2. The summed E-state index contributed by atoms with van der Waals surface area (Å²) in [5.41, 5.74) is 4.64. The molecular weight excluding hydrogens is 432 g/mol. The number of carbonyl (C=O) groups is 3. The fraction of sp³-hybridized carbons (Fsp3) is 0.444. The number of piperidine rings is 1. The molecule has 1 heterocycles. The molecule has 0 saturated carbocycles. The molecule has 1 fully saturated rings. The van der Waals surface area contributed by atoms with E-state index in [0.29, 0.717) is 25.8 Å². The van der Waals surface area contributed by atoms with E-state index in [1.807, 2.05) is 38.1 Å². The maximum Gasteiger partial charge on any atom is 0.407 e. The number of carboxylic acid groups (broad SMARTS) is 1. The zero-order chi connectivity index (χ0) is 24.2. The number of carbonyl (C=O) groups excluding carboxylic acids is 2. The maximum atomic E-state index is 12.9. The van der Waals surface area contributed by atoms with Crippen molar-refractivity contribution in [1.82, 2.24) is 10.2 Å². The summed E-state index contributed by atoms with van der Waals surface area (Å²) in [7, 11) is 0. The van der Waals surface area contributed by atoms with Crippen LogP contribution in [-0.2, 0) is 14.3 Å². The molecule has 1 aliphatic heterocycles. The van der Waals surface area contributed by atoms with Crippen molar-refractivity contribution < 1.29 is 24.2 Å². The molecule has 2 N–H and O–H groups in total. The molecule has 2 aliphatic rings. The summed E-state index contributed by atoms with van der Waals surface area (Å²) >= 11 is 0. The number of hydrogen-bond acceptors (Lipinski definition) is 4. The van der Waals surface area contributed by atoms with E-state index in [1.54, 1.807) is 4.90 Å². The predicted molar refractivity (Wildman–Crippen MR) is 128 cm³/mol. The molecule has 3 atom stereocenters. The molecule has 4 rings (SSSR count). The molecule has 34 heavy (non-hydrogen) atoms. The van der Waals surface area contributed by atoms with Crippen LogP contribution in [0.4, 0.5) is 4.79 Å². The van der Waals surface area contributed by atoms with Gasteiger partial charge < -0.3 is 20.1 Å². The van der Waals surface area contributed by atoms with Crippen LogP contribution < -0.4 is 5.32 Å². The summed E-state index contributed by atoms with van der Waals surface area (Å²) in [4.78, 5) is 38.5. The number of nitrogens with one attached hydrogen (secondary N) is 1. The molecule has 0 bridgehead atoms. The van der Waals surface area contributed by atoms with Crippen molar-refractivity contribution in [2.75, 3.05) is 13.2 Å². The van der Waals surface area contributed by atoms with Crippen molar-refractivity contribution >= 4 is 18.0 Å². The number of nitrogens with zero attached hydrogens (tertiary/aromatic N) is 1. The lowest BCUT2D eigenvalue weighted by atomic mass is 9.91. The Labute approximate surface area is 200 Å². The Kier molecular flexibility index (Phi) is 7.20. The van der Waals surface area contributed by atoms with E-state index < -0.39 is 18.0 Å². The quantitative estimate of drug-likeness (QED) is 0.633. The lowest BCUT2D eigenvalue weighted by Gasteiger charge is -2.37. The van der Waals surface area contributed by atoms with Crippen molar-refractivity contribution in [2.45, 2.75) is 57.5 Å². The minimum Gasteiger partial charge on any atom is -0.481 e. The highest BCUT2D eigenvalue weighted by molar-refractivity contribution is 5.80. The molecule has 7 nitrogen and oxygen atoms in total. The van der Waals surface area contributed by atoms with E-state index in [0.717, 1.165) is 11.1 Å². The van der Waals surface area contributed by atoms with Gasteiger partial charge in [-0.15, -0.1) is 0 Å². The van der Waals surface area contributed by atoms with Gasteiger partial charge in [0.2, 0.25) is 5.91 Å². The third-order valence-corrected chi connectivity index (χ3v) is 7.13. The second kappa shape index (κ2) is 10.3. The van der Waals surface area contributed by atoms with Gasteiger partial charge in [-0.25, -0.2) is 4.79 Å². The SMILES string of the molecule is CC[C@@H](CC(=O)N1CC[C@H](C(=O)O)C[C@@H]1C)NC(=O)OCC1c2ccccc2-c2ccccc21. The average Bonchev–Trinajstić information content (AvgIpc) is 3.15. The summed E-state index contributed by atoms with van der Waals surface area (Å²) in [6.07, 6.45) is 1.15. The first-order valence-electron chi connectivity index (χ1n) is 12.0. The number of alkyl carbamates (subject to hydrolysis) is 1. The molecule has 0 unspecified atom stereocenters. The molecule has 7 heteroatoms. The largest absolute Gasteiger partial charge is 0.481 e. The molecule has 0 spiro atoms. The Hall–Kier alpha value is -3.35. The number of benzene rings is 2. The number of fused-ring (bicyclic) bond motifs is 3. The number of rotatable bonds is 7. The lowest BCUT2D eigenvalue weighted by molar-refractivity contribution is -0.147. The van der Waals surface area contributed by atoms with Crippen molar-refractivity contribution in [1.29, 1.82) is 0 Å². The van der Waals surface area contributed by atoms with Crippen LogP contribution in [-0.4, -0.2) is 53.2 Å². The number of carboxylic acids is 1. The van der Waals surface area contributed by atoms with Gasteiger partial charge in [0.05, 0.1) is 5.92 Å². The minimum absolute atomic E-state index is 0.0174. The Morgan fingerprint density at radius 2 is 1.71 bits per heavy atom. The first-order chi connectivity index (χ1) is 16.4. The molecular formula is C27H32N2O5. The average molecular weight is 465 g/mol. The van der Waals surface area contributed by atoms with Gasteiger partial charge in [-0.1, -0.05) is 55.5 Å². The van der Waals surface area contributed by atoms with Crippen LogP contribution in [0.3, 0.4) is 0 Å². The van der Waals surface area contributed by atoms with E-state index in [1.165, 1.54) is 11.1 Å². The van der Waals surface area contributed by atoms with Gasteiger partial charge in [0.1, 0.15) is 6.61 Å². The van der Waals surface area contributed by atoms with Crippen LogP contribution in [0.5, 0.6) is 0 Å². The summed E-state index contributed by atoms with van der Waals surface area (Å²) in [5, 5.41) is 12.1. The summed E-state index contributed by atoms with van der Waals surface area (Å²) in [6.45, 7) is 4.46. The lowest BCUT2D eigenvalue weighted by Crippen LogP contribution is -2.48. The first kappa shape index (κ1) is 23.8. The monoisotopic (exact) mass is 464 g/mol. The van der Waals surface area contributed by atoms with Crippen LogP contribution in [0.15, 0.2) is 48.5 Å². The highest BCUT2D eigenvalue weighted by Crippen LogP contribution is 2.44. The zero-order valence-corrected chi connectivity index (χ0v) is 19.7. The van der Waals surface area contributed by atoms with Gasteiger partial charge in [-0.2, -0.15) is 0 Å². The number of likely N-dealkylation sites (tertiary alicyclic amines) is 1. The third-order valence-electron chi connectivity index (χ3n) is 7.13. The highest BCUT2D eigenvalue weighted by atomic mass is 16.5. The Morgan fingerprint density at radius 1 is 1.09 bits per heavy atom. The van der Waals surface area contributed by atoms with Crippen molar-refractivity contribution in [3.8, 4) is 11.1 Å². The second-order valence-corrected chi connectivity index (χ2v) is 9.27. The molecule has 2 aromatic carbocycles. The Morgan fingerprint density at radius 3 is 2.26 bits per heavy atom. The van der Waals surface area contributed by atoms with Crippen molar-refractivity contribution in [3.63, 3.8) is 0 Å². The van der Waals surface area contributed by atoms with Crippen LogP contribution in [0, 0.1) is 5.92 Å². The van der Waals surface area contributed by atoms with Gasteiger partial charge in [0.15, 0.2) is 0 Å². The number of amides is 2. The highest BCUT2D eigenvalue weighted by Gasteiger charge is 2.33. The minimum atomic E-state index is -0.803. The molecule has 2 amide bonds. The van der Waals surface area contributed by atoms with E-state index in [4.69, 9.17) is 4.74 Å². The van der Waals surface area contributed by atoms with Crippen molar-refractivity contribution in [2.24, 2.45) is 5.92 Å². The van der Waals surface area contributed by atoms with Gasteiger partial charge in [-0.3, -0.25) is 9.59 Å². The second-order valence-electron chi connectivity index (χ2n) is 9.27. The topological polar surface area (TPSA) is 95.9 Å². The fourth-order valence-corrected chi connectivity index (χ4v) is 5.20. The van der Waals surface area contributed by atoms with Gasteiger partial charge in [0, 0.05) is 31.0 Å². The molecule has 0 radical (unpaired) electrons. The number of aliphatic carboxylic acids is 1. The van der Waals surface area contributed by atoms with Gasteiger partial charge in [0.25, 0.3) is 0 Å². The van der Waals surface area contributed by atoms with Crippen molar-refractivity contribution in [3.05, 3.63) is 59.7 Å². The fourth-order valence-electron chi connectivity index (χ4n) is 5.20. The predicted octanol–water partition coefficient (Wildman–Crippen LogP) is 4.41. The van der Waals surface area contributed by atoms with Gasteiger partial charge in [-0.05, 0) is 48.4 Å². The molecule has 1 aliphatic carbocycles. The van der Waals surface area contributed by atoms with Crippen LogP contribution in [0.2, 0.25) is 0 Å². The van der Waals surface area contributed by atoms with E-state index in [9.17, 15) is 19.5 Å². The van der Waals surface area contributed by atoms with Gasteiger partial charge >= 0.3 is 12.1 Å². The Bertz CT molecular complexity index is 1020. The molecule has 180 valence electrons. The van der Waals surface area contributed by atoms with E-state index in [2.05, 4.69) is 29.6 Å². The smallest absolute Gasteiger partial charge is 0.407 e. The van der Waals surface area contributed by atoms with Crippen LogP contribution in [0.1, 0.15) is 56.6 Å². The summed E-state index contributed by atoms with van der Waals surface area (Å²) < 4.78 is 5.62. The summed E-state index contributed by atoms with van der Waals surface area (Å²) in [6, 6.07) is 15.9. The maximum absolute atomic E-state index is 12.9. The third kappa shape index (κ3) is 4.93. The van der Waals surface area contributed by atoms with E-state index >= 15 is 0 Å². The van der Waals surface area contributed by atoms with Crippen LogP contribution >= 0.6 is 0 Å². The molecule has 0 aromatic heterocycles. The summed E-state index contributed by atoms with van der Waals surface area (Å²) in [5.74, 6) is -1.29.